The molecule has 2 rings (SSSR count). The molecule has 1 fully saturated rings. The van der Waals surface area contributed by atoms with Crippen molar-refractivity contribution >= 4 is 17.8 Å². The molecule has 2 amide bonds. The lowest BCUT2D eigenvalue weighted by Crippen LogP contribution is -2.50. The van der Waals surface area contributed by atoms with E-state index in [1.807, 2.05) is 20.8 Å². The van der Waals surface area contributed by atoms with Crippen molar-refractivity contribution in [2.24, 2.45) is 0 Å². The van der Waals surface area contributed by atoms with E-state index in [0.29, 0.717) is 22.5 Å². The number of carbonyl (C=O) groups is 3. The van der Waals surface area contributed by atoms with Gasteiger partial charge in [-0.1, -0.05) is 0 Å². The normalized spacial score (nSPS) is 14.1. The molecule has 0 aromatic carbocycles. The molecule has 1 aromatic heterocycles. The summed E-state index contributed by atoms with van der Waals surface area (Å²) in [5.41, 5.74) is 1.57. The van der Waals surface area contributed by atoms with Crippen LogP contribution >= 0.6 is 0 Å². The van der Waals surface area contributed by atoms with E-state index >= 15 is 0 Å². The van der Waals surface area contributed by atoms with Crippen LogP contribution in [0.15, 0.2) is 0 Å². The van der Waals surface area contributed by atoms with Crippen molar-refractivity contribution in [2.75, 3.05) is 13.2 Å². The number of amides is 2. The number of aryl methyl sites for hydroxylation is 1. The molecule has 1 aliphatic carbocycles. The molecule has 0 aliphatic heterocycles. The molecular formula is C19H29N3O4. The molecule has 0 radical (unpaired) electrons. The van der Waals surface area contributed by atoms with Gasteiger partial charge in [0, 0.05) is 22.8 Å². The van der Waals surface area contributed by atoms with Gasteiger partial charge in [0.1, 0.15) is 5.69 Å². The number of nitrogens with one attached hydrogen (secondary N) is 2. The number of ether oxygens (including phenoxy) is 1. The number of hydrogen-bond acceptors (Lipinski definition) is 4. The lowest BCUT2D eigenvalue weighted by molar-refractivity contribution is 0.0519. The maximum Gasteiger partial charge on any atom is 0.355 e. The summed E-state index contributed by atoms with van der Waals surface area (Å²) in [6.45, 7) is 11.2. The summed E-state index contributed by atoms with van der Waals surface area (Å²) < 4.78 is 5.02. The van der Waals surface area contributed by atoms with Gasteiger partial charge in [-0.05, 0) is 59.9 Å². The van der Waals surface area contributed by atoms with Gasteiger partial charge in [-0.2, -0.15) is 0 Å². The van der Waals surface area contributed by atoms with Crippen molar-refractivity contribution in [3.05, 3.63) is 22.5 Å². The van der Waals surface area contributed by atoms with Crippen LogP contribution in [0.4, 0.5) is 4.79 Å². The van der Waals surface area contributed by atoms with Crippen LogP contribution in [0.5, 0.6) is 0 Å². The fraction of sp³-hybridized carbons (Fsp3) is 0.632. The van der Waals surface area contributed by atoms with Crippen LogP contribution in [-0.2, 0) is 4.74 Å². The predicted molar refractivity (Wildman–Crippen MR) is 98.6 cm³/mol. The van der Waals surface area contributed by atoms with E-state index in [1.54, 1.807) is 25.7 Å². The smallest absolute Gasteiger partial charge is 0.355 e. The standard InChI is InChI=1S/C19H29N3O4/c1-7-26-17(24)16-11(2)15(12(3)20-16)14(23)10-22(13-8-9-13)18(25)21-19(4,5)6/h13,20H,7-10H2,1-6H3,(H,21,25). The molecule has 7 heteroatoms. The third-order valence-corrected chi connectivity index (χ3v) is 4.24. The van der Waals surface area contributed by atoms with Crippen LogP contribution in [0.3, 0.4) is 0 Å². The van der Waals surface area contributed by atoms with Gasteiger partial charge in [0.2, 0.25) is 0 Å². The molecule has 1 aliphatic rings. The quantitative estimate of drug-likeness (QED) is 0.600. The summed E-state index contributed by atoms with van der Waals surface area (Å²) in [5, 5.41) is 2.92. The minimum atomic E-state index is -0.475. The maximum atomic E-state index is 12.9. The minimum absolute atomic E-state index is 0.00558. The first-order valence-corrected chi connectivity index (χ1v) is 9.03. The number of aromatic amines is 1. The van der Waals surface area contributed by atoms with Crippen molar-refractivity contribution in [1.29, 1.82) is 0 Å². The van der Waals surface area contributed by atoms with E-state index in [9.17, 15) is 14.4 Å². The number of rotatable bonds is 6. The second-order valence-corrected chi connectivity index (χ2v) is 7.81. The summed E-state index contributed by atoms with van der Waals surface area (Å²) in [5.74, 6) is -0.653. The van der Waals surface area contributed by atoms with Crippen molar-refractivity contribution in [3.8, 4) is 0 Å². The summed E-state index contributed by atoms with van der Waals surface area (Å²) in [6, 6.07) is -0.129. The van der Waals surface area contributed by atoms with Gasteiger partial charge < -0.3 is 19.9 Å². The average molecular weight is 363 g/mol. The van der Waals surface area contributed by atoms with Gasteiger partial charge in [-0.15, -0.1) is 0 Å². The third kappa shape index (κ3) is 4.65. The highest BCUT2D eigenvalue weighted by molar-refractivity contribution is 6.04. The van der Waals surface area contributed by atoms with Crippen LogP contribution in [0.25, 0.3) is 0 Å². The maximum absolute atomic E-state index is 12.9. The topological polar surface area (TPSA) is 91.5 Å². The van der Waals surface area contributed by atoms with Crippen LogP contribution in [0.2, 0.25) is 0 Å². The monoisotopic (exact) mass is 363 g/mol. The van der Waals surface area contributed by atoms with Gasteiger partial charge in [0.25, 0.3) is 0 Å². The number of Topliss-reactive ketones (excluding diaryl/α,β-unsaturated/α-hetero) is 1. The van der Waals surface area contributed by atoms with E-state index in [1.165, 1.54) is 0 Å². The molecule has 7 nitrogen and oxygen atoms in total. The van der Waals surface area contributed by atoms with Crippen molar-refractivity contribution in [1.82, 2.24) is 15.2 Å². The molecule has 1 heterocycles. The molecule has 0 spiro atoms. The second kappa shape index (κ2) is 7.51. The molecule has 0 bridgehead atoms. The first-order valence-electron chi connectivity index (χ1n) is 9.03. The second-order valence-electron chi connectivity index (χ2n) is 7.81. The number of nitrogens with zero attached hydrogens (tertiary/aromatic N) is 1. The average Bonchev–Trinajstić information content (AvgIpc) is 3.28. The molecule has 0 unspecified atom stereocenters. The zero-order valence-electron chi connectivity index (χ0n) is 16.5. The molecule has 2 N–H and O–H groups in total. The highest BCUT2D eigenvalue weighted by atomic mass is 16.5. The first kappa shape index (κ1) is 20.0. The van der Waals surface area contributed by atoms with Crippen molar-refractivity contribution in [2.45, 2.75) is 66.0 Å². The molecule has 1 saturated carbocycles. The zero-order valence-corrected chi connectivity index (χ0v) is 16.5. The van der Waals surface area contributed by atoms with Crippen LogP contribution < -0.4 is 5.32 Å². The Morgan fingerprint density at radius 2 is 1.85 bits per heavy atom. The van der Waals surface area contributed by atoms with E-state index in [0.717, 1.165) is 12.8 Å². The molecule has 0 atom stereocenters. The third-order valence-electron chi connectivity index (χ3n) is 4.24. The van der Waals surface area contributed by atoms with E-state index in [4.69, 9.17) is 4.74 Å². The Hall–Kier alpha value is -2.31. The van der Waals surface area contributed by atoms with Crippen LogP contribution in [-0.4, -0.2) is 52.4 Å². The van der Waals surface area contributed by atoms with Crippen LogP contribution in [0, 0.1) is 13.8 Å². The highest BCUT2D eigenvalue weighted by Crippen LogP contribution is 2.28. The van der Waals surface area contributed by atoms with Gasteiger partial charge >= 0.3 is 12.0 Å². The number of urea groups is 1. The molecule has 144 valence electrons. The largest absolute Gasteiger partial charge is 0.461 e. The number of H-pyrrole nitrogens is 1. The molecule has 1 aromatic rings. The Morgan fingerprint density at radius 1 is 1.23 bits per heavy atom. The Kier molecular flexibility index (Phi) is 5.78. The Labute approximate surface area is 154 Å². The highest BCUT2D eigenvalue weighted by Gasteiger charge is 2.36. The summed E-state index contributed by atoms with van der Waals surface area (Å²) in [6.07, 6.45) is 1.81. The number of hydrogen-bond donors (Lipinski definition) is 2. The van der Waals surface area contributed by atoms with E-state index < -0.39 is 5.97 Å². The SMILES string of the molecule is CCOC(=O)c1[nH]c(C)c(C(=O)CN(C(=O)NC(C)(C)C)C2CC2)c1C. The minimum Gasteiger partial charge on any atom is -0.461 e. The first-order chi connectivity index (χ1) is 12.0. The summed E-state index contributed by atoms with van der Waals surface area (Å²) >= 11 is 0. The van der Waals surface area contributed by atoms with Crippen molar-refractivity contribution in [3.63, 3.8) is 0 Å². The van der Waals surface area contributed by atoms with Crippen molar-refractivity contribution < 1.29 is 19.1 Å². The summed E-state index contributed by atoms with van der Waals surface area (Å²) in [7, 11) is 0. The van der Waals surface area contributed by atoms with Gasteiger partial charge in [-0.25, -0.2) is 9.59 Å². The zero-order chi connectivity index (χ0) is 19.6. The van der Waals surface area contributed by atoms with E-state index in [2.05, 4.69) is 10.3 Å². The Morgan fingerprint density at radius 3 is 2.35 bits per heavy atom. The molecule has 0 saturated heterocycles. The number of esters is 1. The fourth-order valence-corrected chi connectivity index (χ4v) is 2.95. The van der Waals surface area contributed by atoms with Gasteiger partial charge in [0.15, 0.2) is 5.78 Å². The summed E-state index contributed by atoms with van der Waals surface area (Å²) in [4.78, 5) is 42.0. The number of ketones is 1. The Balaban J connectivity index is 2.20. The van der Waals surface area contributed by atoms with Gasteiger partial charge in [0.05, 0.1) is 13.2 Å². The van der Waals surface area contributed by atoms with Gasteiger partial charge in [-0.3, -0.25) is 4.79 Å². The predicted octanol–water partition coefficient (Wildman–Crippen LogP) is 2.96. The lowest BCUT2D eigenvalue weighted by atomic mass is 10.0. The van der Waals surface area contributed by atoms with E-state index in [-0.39, 0.29) is 36.5 Å². The van der Waals surface area contributed by atoms with Crippen LogP contribution in [0.1, 0.15) is 72.6 Å². The fourth-order valence-electron chi connectivity index (χ4n) is 2.95. The lowest BCUT2D eigenvalue weighted by Gasteiger charge is -2.28. The molecular weight excluding hydrogens is 334 g/mol. The number of carbonyl (C=O) groups excluding carboxylic acids is 3. The number of aromatic nitrogens is 1. The molecule has 26 heavy (non-hydrogen) atoms. The Bertz CT molecular complexity index is 711.